The van der Waals surface area contributed by atoms with E-state index in [4.69, 9.17) is 9.84 Å². The largest absolute Gasteiger partial charge is 0.444 e. The third-order valence-corrected chi connectivity index (χ3v) is 2.73. The van der Waals surface area contributed by atoms with Crippen LogP contribution in [0.25, 0.3) is 0 Å². The van der Waals surface area contributed by atoms with Gasteiger partial charge in [-0.05, 0) is 38.8 Å². The monoisotopic (exact) mass is 281 g/mol. The van der Waals surface area contributed by atoms with Gasteiger partial charge in [-0.1, -0.05) is 24.3 Å². The van der Waals surface area contributed by atoms with Crippen molar-refractivity contribution in [2.45, 2.75) is 45.4 Å². The SMILES string of the molecule is C[C@H](NC(=O)OC(C)(C)C)c1ccc(C(O)CO)cc1. The number of aliphatic hydroxyl groups excluding tert-OH is 2. The van der Waals surface area contributed by atoms with Gasteiger partial charge in [0.1, 0.15) is 11.7 Å². The molecule has 1 rings (SSSR count). The zero-order valence-electron chi connectivity index (χ0n) is 12.4. The molecule has 0 fully saturated rings. The van der Waals surface area contributed by atoms with E-state index in [1.54, 1.807) is 24.3 Å². The second-order valence-corrected chi connectivity index (χ2v) is 5.73. The quantitative estimate of drug-likeness (QED) is 0.791. The van der Waals surface area contributed by atoms with E-state index in [-0.39, 0.29) is 12.6 Å². The summed E-state index contributed by atoms with van der Waals surface area (Å²) in [4.78, 5) is 11.7. The summed E-state index contributed by atoms with van der Waals surface area (Å²) >= 11 is 0. The summed E-state index contributed by atoms with van der Waals surface area (Å²) in [7, 11) is 0. The van der Waals surface area contributed by atoms with E-state index in [0.717, 1.165) is 5.56 Å². The van der Waals surface area contributed by atoms with Crippen molar-refractivity contribution in [2.24, 2.45) is 0 Å². The number of amides is 1. The highest BCUT2D eigenvalue weighted by Gasteiger charge is 2.18. The summed E-state index contributed by atoms with van der Waals surface area (Å²) in [5.41, 5.74) is 1.00. The fourth-order valence-electron chi connectivity index (χ4n) is 1.68. The van der Waals surface area contributed by atoms with Crippen molar-refractivity contribution < 1.29 is 19.7 Å². The van der Waals surface area contributed by atoms with Gasteiger partial charge in [-0.3, -0.25) is 0 Å². The molecule has 0 heterocycles. The molecule has 3 N–H and O–H groups in total. The molecule has 5 heteroatoms. The van der Waals surface area contributed by atoms with Gasteiger partial charge in [-0.15, -0.1) is 0 Å². The van der Waals surface area contributed by atoms with E-state index in [0.29, 0.717) is 5.56 Å². The lowest BCUT2D eigenvalue weighted by molar-refractivity contribution is 0.0508. The summed E-state index contributed by atoms with van der Waals surface area (Å²) in [6.07, 6.45) is -1.34. The summed E-state index contributed by atoms with van der Waals surface area (Å²) in [5.74, 6) is 0. The van der Waals surface area contributed by atoms with Gasteiger partial charge < -0.3 is 20.3 Å². The topological polar surface area (TPSA) is 78.8 Å². The maximum atomic E-state index is 11.7. The number of aliphatic hydroxyl groups is 2. The maximum absolute atomic E-state index is 11.7. The second-order valence-electron chi connectivity index (χ2n) is 5.73. The highest BCUT2D eigenvalue weighted by Crippen LogP contribution is 2.18. The van der Waals surface area contributed by atoms with Crippen molar-refractivity contribution >= 4 is 6.09 Å². The molecule has 1 aromatic rings. The molecule has 0 spiro atoms. The predicted octanol–water partition coefficient (Wildman–Crippen LogP) is 2.30. The van der Waals surface area contributed by atoms with Gasteiger partial charge >= 0.3 is 6.09 Å². The molecule has 0 saturated carbocycles. The van der Waals surface area contributed by atoms with Crippen LogP contribution in [0, 0.1) is 0 Å². The summed E-state index contributed by atoms with van der Waals surface area (Å²) in [6.45, 7) is 6.96. The highest BCUT2D eigenvalue weighted by atomic mass is 16.6. The van der Waals surface area contributed by atoms with Crippen LogP contribution < -0.4 is 5.32 Å². The minimum atomic E-state index is -0.877. The number of ether oxygens (including phenoxy) is 1. The molecular weight excluding hydrogens is 258 g/mol. The molecule has 0 aromatic heterocycles. The maximum Gasteiger partial charge on any atom is 0.408 e. The zero-order chi connectivity index (χ0) is 15.3. The molecule has 1 aromatic carbocycles. The predicted molar refractivity (Wildman–Crippen MR) is 76.3 cm³/mol. The highest BCUT2D eigenvalue weighted by molar-refractivity contribution is 5.68. The van der Waals surface area contributed by atoms with Crippen molar-refractivity contribution in [1.82, 2.24) is 5.32 Å². The number of benzene rings is 1. The fraction of sp³-hybridized carbons (Fsp3) is 0.533. The molecule has 0 bridgehead atoms. The molecule has 1 amide bonds. The number of nitrogens with one attached hydrogen (secondary N) is 1. The van der Waals surface area contributed by atoms with Crippen LogP contribution in [0.3, 0.4) is 0 Å². The Morgan fingerprint density at radius 1 is 1.25 bits per heavy atom. The van der Waals surface area contributed by atoms with Gasteiger partial charge in [-0.2, -0.15) is 0 Å². The average Bonchev–Trinajstić information content (AvgIpc) is 2.35. The van der Waals surface area contributed by atoms with Crippen LogP contribution in [0.5, 0.6) is 0 Å². The van der Waals surface area contributed by atoms with Crippen LogP contribution in [0.2, 0.25) is 0 Å². The van der Waals surface area contributed by atoms with E-state index >= 15 is 0 Å². The molecule has 5 nitrogen and oxygen atoms in total. The number of carbonyl (C=O) groups excluding carboxylic acids is 1. The van der Waals surface area contributed by atoms with Crippen molar-refractivity contribution in [3.63, 3.8) is 0 Å². The summed E-state index contributed by atoms with van der Waals surface area (Å²) in [5, 5.41) is 21.1. The Kier molecular flexibility index (Phi) is 5.53. The van der Waals surface area contributed by atoms with Crippen LogP contribution in [-0.4, -0.2) is 28.5 Å². The van der Waals surface area contributed by atoms with E-state index in [9.17, 15) is 9.90 Å². The number of rotatable bonds is 4. The third-order valence-electron chi connectivity index (χ3n) is 2.73. The first-order chi connectivity index (χ1) is 9.23. The van der Waals surface area contributed by atoms with E-state index in [2.05, 4.69) is 5.32 Å². The number of carbonyl (C=O) groups is 1. The Labute approximate surface area is 119 Å². The van der Waals surface area contributed by atoms with Gasteiger partial charge in [0.25, 0.3) is 0 Å². The minimum Gasteiger partial charge on any atom is -0.444 e. The Morgan fingerprint density at radius 2 is 1.75 bits per heavy atom. The number of hydrogen-bond donors (Lipinski definition) is 3. The van der Waals surface area contributed by atoms with Crippen molar-refractivity contribution in [2.75, 3.05) is 6.61 Å². The first-order valence-corrected chi connectivity index (χ1v) is 6.61. The van der Waals surface area contributed by atoms with Crippen LogP contribution in [0.1, 0.15) is 51.0 Å². The van der Waals surface area contributed by atoms with E-state index in [1.165, 1.54) is 0 Å². The van der Waals surface area contributed by atoms with Crippen molar-refractivity contribution in [1.29, 1.82) is 0 Å². The molecule has 20 heavy (non-hydrogen) atoms. The second kappa shape index (κ2) is 6.72. The molecule has 0 aliphatic rings. The molecule has 0 radical (unpaired) electrons. The van der Waals surface area contributed by atoms with Gasteiger partial charge in [0.2, 0.25) is 0 Å². The van der Waals surface area contributed by atoms with Gasteiger partial charge in [0, 0.05) is 0 Å². The summed E-state index contributed by atoms with van der Waals surface area (Å²) in [6, 6.07) is 6.85. The molecule has 2 atom stereocenters. The number of hydrogen-bond acceptors (Lipinski definition) is 4. The Hall–Kier alpha value is -1.59. The van der Waals surface area contributed by atoms with Crippen molar-refractivity contribution in [3.05, 3.63) is 35.4 Å². The van der Waals surface area contributed by atoms with Crippen molar-refractivity contribution in [3.8, 4) is 0 Å². The standard InChI is InChI=1S/C15H23NO4/c1-10(16-14(19)20-15(2,3)4)11-5-7-12(8-6-11)13(18)9-17/h5-8,10,13,17-18H,9H2,1-4H3,(H,16,19)/t10-,13?/m0/s1. The number of alkyl carbamates (subject to hydrolysis) is 1. The van der Waals surface area contributed by atoms with Crippen LogP contribution in [0.15, 0.2) is 24.3 Å². The molecule has 0 aliphatic carbocycles. The normalized spacial score (nSPS) is 14.5. The average molecular weight is 281 g/mol. The summed E-state index contributed by atoms with van der Waals surface area (Å²) < 4.78 is 5.19. The Balaban J connectivity index is 2.64. The van der Waals surface area contributed by atoms with E-state index in [1.807, 2.05) is 27.7 Å². The third kappa shape index (κ3) is 5.19. The van der Waals surface area contributed by atoms with Crippen LogP contribution in [0.4, 0.5) is 4.79 Å². The lowest BCUT2D eigenvalue weighted by atomic mass is 10.0. The first-order valence-electron chi connectivity index (χ1n) is 6.61. The smallest absolute Gasteiger partial charge is 0.408 e. The van der Waals surface area contributed by atoms with E-state index < -0.39 is 17.8 Å². The Bertz CT molecular complexity index is 436. The van der Waals surface area contributed by atoms with Crippen LogP contribution in [-0.2, 0) is 4.74 Å². The van der Waals surface area contributed by atoms with Gasteiger partial charge in [0.15, 0.2) is 0 Å². The molecule has 112 valence electrons. The fourth-order valence-corrected chi connectivity index (χ4v) is 1.68. The molecule has 0 saturated heterocycles. The lowest BCUT2D eigenvalue weighted by Gasteiger charge is -2.22. The molecule has 0 aliphatic heterocycles. The Morgan fingerprint density at radius 3 is 2.20 bits per heavy atom. The zero-order valence-corrected chi connectivity index (χ0v) is 12.4. The van der Waals surface area contributed by atoms with Crippen LogP contribution >= 0.6 is 0 Å². The minimum absolute atomic E-state index is 0.204. The molecule has 1 unspecified atom stereocenters. The lowest BCUT2D eigenvalue weighted by Crippen LogP contribution is -2.34. The first kappa shape index (κ1) is 16.5. The van der Waals surface area contributed by atoms with Gasteiger partial charge in [0.05, 0.1) is 12.6 Å². The van der Waals surface area contributed by atoms with Gasteiger partial charge in [-0.25, -0.2) is 4.79 Å². The molecular formula is C15H23NO4.